The van der Waals surface area contributed by atoms with Crippen LogP contribution in [0.5, 0.6) is 0 Å². The molecule has 5 heteroatoms. The van der Waals surface area contributed by atoms with Crippen LogP contribution in [0.4, 0.5) is 14.5 Å². The van der Waals surface area contributed by atoms with E-state index in [9.17, 15) is 18.7 Å². The van der Waals surface area contributed by atoms with Crippen molar-refractivity contribution in [3.63, 3.8) is 0 Å². The van der Waals surface area contributed by atoms with Gasteiger partial charge in [0.15, 0.2) is 0 Å². The van der Waals surface area contributed by atoms with Crippen LogP contribution < -0.4 is 5.73 Å². The highest BCUT2D eigenvalue weighted by Gasteiger charge is 2.43. The van der Waals surface area contributed by atoms with Gasteiger partial charge in [0.25, 0.3) is 0 Å². The largest absolute Gasteiger partial charge is 0.481 e. The average molecular weight is 255 g/mol. The summed E-state index contributed by atoms with van der Waals surface area (Å²) in [5.41, 5.74) is 4.18. The van der Waals surface area contributed by atoms with Crippen molar-refractivity contribution in [1.82, 2.24) is 0 Å². The van der Waals surface area contributed by atoms with Crippen LogP contribution >= 0.6 is 0 Å². The van der Waals surface area contributed by atoms with E-state index in [0.717, 1.165) is 25.3 Å². The molecule has 0 radical (unpaired) electrons. The summed E-state index contributed by atoms with van der Waals surface area (Å²) in [5.74, 6) is -2.74. The van der Waals surface area contributed by atoms with Crippen molar-refractivity contribution >= 4 is 11.7 Å². The lowest BCUT2D eigenvalue weighted by atomic mass is 9.69. The number of carboxylic acids is 1. The fourth-order valence-electron chi connectivity index (χ4n) is 2.73. The zero-order chi connectivity index (χ0) is 13.3. The van der Waals surface area contributed by atoms with Crippen molar-refractivity contribution in [3.8, 4) is 0 Å². The number of nitrogens with two attached hydrogens (primary N) is 1. The Morgan fingerprint density at radius 1 is 1.22 bits per heavy atom. The van der Waals surface area contributed by atoms with Crippen molar-refractivity contribution in [2.24, 2.45) is 0 Å². The number of carboxylic acid groups (broad SMARTS) is 1. The molecule has 3 nitrogen and oxygen atoms in total. The Bertz CT molecular complexity index is 482. The molecule has 1 aliphatic rings. The van der Waals surface area contributed by atoms with Gasteiger partial charge in [0.05, 0.1) is 11.1 Å². The molecule has 2 rings (SSSR count). The molecule has 0 unspecified atom stereocenters. The quantitative estimate of drug-likeness (QED) is 0.799. The van der Waals surface area contributed by atoms with Crippen LogP contribution in [0.1, 0.15) is 37.7 Å². The number of nitrogen functional groups attached to an aromatic ring is 1. The summed E-state index contributed by atoms with van der Waals surface area (Å²) < 4.78 is 26.8. The number of hydrogen-bond donors (Lipinski definition) is 2. The lowest BCUT2D eigenvalue weighted by Crippen LogP contribution is -2.38. The van der Waals surface area contributed by atoms with Crippen molar-refractivity contribution in [2.75, 3.05) is 5.73 Å². The molecule has 1 aliphatic carbocycles. The highest BCUT2D eigenvalue weighted by Crippen LogP contribution is 2.42. The Balaban J connectivity index is 2.59. The summed E-state index contributed by atoms with van der Waals surface area (Å²) >= 11 is 0. The van der Waals surface area contributed by atoms with Gasteiger partial charge in [-0.2, -0.15) is 0 Å². The van der Waals surface area contributed by atoms with Gasteiger partial charge in [0.2, 0.25) is 0 Å². The van der Waals surface area contributed by atoms with E-state index in [-0.39, 0.29) is 11.3 Å². The van der Waals surface area contributed by atoms with Crippen LogP contribution in [0.25, 0.3) is 0 Å². The Kier molecular flexibility index (Phi) is 3.24. The molecule has 0 saturated heterocycles. The van der Waals surface area contributed by atoms with Crippen LogP contribution in [0.2, 0.25) is 0 Å². The summed E-state index contributed by atoms with van der Waals surface area (Å²) in [6.07, 6.45) is 3.13. The molecule has 1 fully saturated rings. The SMILES string of the molecule is Nc1c(F)cc(F)cc1C1(C(=O)O)CCCCC1. The van der Waals surface area contributed by atoms with Crippen LogP contribution in [0, 0.1) is 11.6 Å². The maximum Gasteiger partial charge on any atom is 0.314 e. The second-order valence-corrected chi connectivity index (χ2v) is 4.80. The highest BCUT2D eigenvalue weighted by atomic mass is 19.1. The number of anilines is 1. The Morgan fingerprint density at radius 3 is 2.39 bits per heavy atom. The monoisotopic (exact) mass is 255 g/mol. The maximum atomic E-state index is 13.5. The molecule has 0 spiro atoms. The molecule has 0 heterocycles. The van der Waals surface area contributed by atoms with Crippen molar-refractivity contribution in [3.05, 3.63) is 29.3 Å². The van der Waals surface area contributed by atoms with E-state index in [2.05, 4.69) is 0 Å². The van der Waals surface area contributed by atoms with Gasteiger partial charge in [-0.15, -0.1) is 0 Å². The third-order valence-electron chi connectivity index (χ3n) is 3.73. The first-order valence-corrected chi connectivity index (χ1v) is 5.96. The molecule has 1 aromatic carbocycles. The molecular formula is C13H15F2NO2. The molecule has 0 bridgehead atoms. The summed E-state index contributed by atoms with van der Waals surface area (Å²) in [6, 6.07) is 1.73. The predicted molar refractivity (Wildman–Crippen MR) is 63.2 cm³/mol. The average Bonchev–Trinajstić information content (AvgIpc) is 2.34. The Hall–Kier alpha value is -1.65. The minimum absolute atomic E-state index is 0.0761. The number of aliphatic carboxylic acids is 1. The molecule has 0 aliphatic heterocycles. The third-order valence-corrected chi connectivity index (χ3v) is 3.73. The van der Waals surface area contributed by atoms with Crippen LogP contribution in [-0.2, 0) is 10.2 Å². The Labute approximate surface area is 104 Å². The fourth-order valence-corrected chi connectivity index (χ4v) is 2.73. The van der Waals surface area contributed by atoms with E-state index in [1.165, 1.54) is 0 Å². The van der Waals surface area contributed by atoms with E-state index in [0.29, 0.717) is 18.9 Å². The van der Waals surface area contributed by atoms with Crippen LogP contribution in [0.3, 0.4) is 0 Å². The standard InChI is InChI=1S/C13H15F2NO2/c14-8-6-9(11(16)10(15)7-8)13(12(17)18)4-2-1-3-5-13/h6-7H,1-5,16H2,(H,17,18). The molecule has 98 valence electrons. The first-order chi connectivity index (χ1) is 8.47. The molecule has 1 aromatic rings. The number of hydrogen-bond acceptors (Lipinski definition) is 2. The molecule has 18 heavy (non-hydrogen) atoms. The van der Waals surface area contributed by atoms with E-state index in [1.807, 2.05) is 0 Å². The molecule has 1 saturated carbocycles. The summed E-state index contributed by atoms with van der Waals surface area (Å²) in [4.78, 5) is 11.6. The third kappa shape index (κ3) is 1.94. The number of carbonyl (C=O) groups is 1. The molecule has 0 atom stereocenters. The number of benzene rings is 1. The zero-order valence-corrected chi connectivity index (χ0v) is 9.88. The smallest absolute Gasteiger partial charge is 0.314 e. The van der Waals surface area contributed by atoms with Crippen molar-refractivity contribution in [2.45, 2.75) is 37.5 Å². The lowest BCUT2D eigenvalue weighted by molar-refractivity contribution is -0.145. The van der Waals surface area contributed by atoms with Crippen molar-refractivity contribution < 1.29 is 18.7 Å². The van der Waals surface area contributed by atoms with Crippen LogP contribution in [0.15, 0.2) is 12.1 Å². The normalized spacial score (nSPS) is 18.6. The van der Waals surface area contributed by atoms with Crippen LogP contribution in [-0.4, -0.2) is 11.1 Å². The topological polar surface area (TPSA) is 63.3 Å². The van der Waals surface area contributed by atoms with E-state index in [1.54, 1.807) is 0 Å². The zero-order valence-electron chi connectivity index (χ0n) is 9.88. The summed E-state index contributed by atoms with van der Waals surface area (Å²) in [5, 5.41) is 9.45. The second kappa shape index (κ2) is 4.55. The predicted octanol–water partition coefficient (Wildman–Crippen LogP) is 2.83. The summed E-state index contributed by atoms with van der Waals surface area (Å²) in [7, 11) is 0. The summed E-state index contributed by atoms with van der Waals surface area (Å²) in [6.45, 7) is 0. The molecule has 0 amide bonds. The van der Waals surface area contributed by atoms with Gasteiger partial charge in [0, 0.05) is 6.07 Å². The van der Waals surface area contributed by atoms with E-state index >= 15 is 0 Å². The molecule has 0 aromatic heterocycles. The van der Waals surface area contributed by atoms with Gasteiger partial charge in [-0.05, 0) is 24.5 Å². The number of rotatable bonds is 2. The van der Waals surface area contributed by atoms with E-state index < -0.39 is 23.0 Å². The van der Waals surface area contributed by atoms with Gasteiger partial charge in [-0.1, -0.05) is 19.3 Å². The molecular weight excluding hydrogens is 240 g/mol. The fraction of sp³-hybridized carbons (Fsp3) is 0.462. The van der Waals surface area contributed by atoms with Gasteiger partial charge in [-0.25, -0.2) is 8.78 Å². The van der Waals surface area contributed by atoms with Gasteiger partial charge >= 0.3 is 5.97 Å². The second-order valence-electron chi connectivity index (χ2n) is 4.80. The van der Waals surface area contributed by atoms with E-state index in [4.69, 9.17) is 5.73 Å². The molecule has 3 N–H and O–H groups in total. The minimum atomic E-state index is -1.24. The van der Waals surface area contributed by atoms with Crippen molar-refractivity contribution in [1.29, 1.82) is 0 Å². The van der Waals surface area contributed by atoms with Gasteiger partial charge in [-0.3, -0.25) is 4.79 Å². The first-order valence-electron chi connectivity index (χ1n) is 5.96. The minimum Gasteiger partial charge on any atom is -0.481 e. The lowest BCUT2D eigenvalue weighted by Gasteiger charge is -2.34. The van der Waals surface area contributed by atoms with Gasteiger partial charge in [0.1, 0.15) is 11.6 Å². The highest BCUT2D eigenvalue weighted by molar-refractivity contribution is 5.84. The van der Waals surface area contributed by atoms with Gasteiger partial charge < -0.3 is 10.8 Å². The first kappa shape index (κ1) is 12.8. The Morgan fingerprint density at radius 2 is 1.83 bits per heavy atom. The maximum absolute atomic E-state index is 13.5. The number of halogens is 2.